The normalized spacial score (nSPS) is 15.9. The van der Waals surface area contributed by atoms with Crippen molar-refractivity contribution in [2.75, 3.05) is 16.8 Å². The third-order valence-electron chi connectivity index (χ3n) is 4.04. The number of hydrogen-bond donors (Lipinski definition) is 1. The summed E-state index contributed by atoms with van der Waals surface area (Å²) in [5.41, 5.74) is 0.912. The third-order valence-corrected chi connectivity index (χ3v) is 4.79. The van der Waals surface area contributed by atoms with Crippen LogP contribution in [0.3, 0.4) is 0 Å². The van der Waals surface area contributed by atoms with E-state index in [4.69, 9.17) is 4.74 Å². The number of aromatic nitrogens is 2. The summed E-state index contributed by atoms with van der Waals surface area (Å²) in [5, 5.41) is 11.4. The predicted octanol–water partition coefficient (Wildman–Crippen LogP) is 2.58. The molecule has 1 atom stereocenters. The lowest BCUT2D eigenvalue weighted by Crippen LogP contribution is -2.47. The highest BCUT2D eigenvalue weighted by Gasteiger charge is 2.33. The molecule has 0 saturated heterocycles. The van der Waals surface area contributed by atoms with Crippen molar-refractivity contribution < 1.29 is 19.1 Å². The number of aryl methyl sites for hydroxylation is 1. The molecule has 8 nitrogen and oxygen atoms in total. The van der Waals surface area contributed by atoms with E-state index >= 15 is 0 Å². The maximum atomic E-state index is 12.6. The zero-order valence-electron chi connectivity index (χ0n) is 15.3. The third kappa shape index (κ3) is 4.13. The molecule has 27 heavy (non-hydrogen) atoms. The predicted molar refractivity (Wildman–Crippen MR) is 101 cm³/mol. The summed E-state index contributed by atoms with van der Waals surface area (Å²) in [7, 11) is 0. The van der Waals surface area contributed by atoms with Crippen molar-refractivity contribution in [3.05, 3.63) is 28.8 Å². The highest BCUT2D eigenvalue weighted by molar-refractivity contribution is 7.15. The van der Waals surface area contributed by atoms with Gasteiger partial charge in [-0.1, -0.05) is 18.3 Å². The molecule has 3 rings (SSSR count). The first kappa shape index (κ1) is 19.0. The Kier molecular flexibility index (Phi) is 5.50. The average molecular weight is 388 g/mol. The van der Waals surface area contributed by atoms with Crippen molar-refractivity contribution >= 4 is 39.8 Å². The van der Waals surface area contributed by atoms with Gasteiger partial charge in [-0.15, -0.1) is 10.2 Å². The van der Waals surface area contributed by atoms with Crippen molar-refractivity contribution in [3.8, 4) is 5.75 Å². The van der Waals surface area contributed by atoms with Crippen LogP contribution in [-0.4, -0.2) is 40.4 Å². The second-order valence-corrected chi connectivity index (χ2v) is 7.40. The van der Waals surface area contributed by atoms with Gasteiger partial charge in [-0.2, -0.15) is 0 Å². The van der Waals surface area contributed by atoms with Crippen LogP contribution in [-0.2, 0) is 9.59 Å². The Hall–Kier alpha value is -2.81. The number of nitrogens with zero attached hydrogens (tertiary/aromatic N) is 3. The molecule has 0 radical (unpaired) electrons. The summed E-state index contributed by atoms with van der Waals surface area (Å²) in [4.78, 5) is 38.6. The highest BCUT2D eigenvalue weighted by atomic mass is 32.1. The number of anilines is 2. The summed E-state index contributed by atoms with van der Waals surface area (Å²) in [6, 6.07) is 4.96. The lowest BCUT2D eigenvalue weighted by Gasteiger charge is -2.32. The molecule has 1 aliphatic heterocycles. The van der Waals surface area contributed by atoms with Gasteiger partial charge in [0.2, 0.25) is 11.0 Å². The fourth-order valence-electron chi connectivity index (χ4n) is 2.76. The maximum absolute atomic E-state index is 12.6. The van der Waals surface area contributed by atoms with Crippen molar-refractivity contribution in [2.45, 2.75) is 39.7 Å². The summed E-state index contributed by atoms with van der Waals surface area (Å²) in [6.07, 6.45) is 0.433. The fourth-order valence-corrected chi connectivity index (χ4v) is 3.37. The molecule has 2 heterocycles. The Morgan fingerprint density at radius 2 is 2.11 bits per heavy atom. The molecule has 1 aliphatic rings. The largest absolute Gasteiger partial charge is 0.479 e. The van der Waals surface area contributed by atoms with E-state index in [0.717, 1.165) is 11.4 Å². The van der Waals surface area contributed by atoms with Gasteiger partial charge in [0.25, 0.3) is 5.91 Å². The van der Waals surface area contributed by atoms with Gasteiger partial charge in [0.1, 0.15) is 17.3 Å². The summed E-state index contributed by atoms with van der Waals surface area (Å²) < 4.78 is 5.62. The molecule has 2 amide bonds. The van der Waals surface area contributed by atoms with E-state index in [1.54, 1.807) is 32.0 Å². The van der Waals surface area contributed by atoms with Crippen LogP contribution in [0.5, 0.6) is 5.75 Å². The molecule has 1 N–H and O–H groups in total. The highest BCUT2D eigenvalue weighted by Crippen LogP contribution is 2.35. The fraction of sp³-hybridized carbons (Fsp3) is 0.389. The minimum absolute atomic E-state index is 0.0138. The van der Waals surface area contributed by atoms with Crippen LogP contribution in [0, 0.1) is 6.92 Å². The Morgan fingerprint density at radius 1 is 1.33 bits per heavy atom. The quantitative estimate of drug-likeness (QED) is 0.763. The van der Waals surface area contributed by atoms with Crippen LogP contribution >= 0.6 is 11.3 Å². The zero-order chi connectivity index (χ0) is 19.6. The molecule has 1 aromatic carbocycles. The second kappa shape index (κ2) is 7.83. The van der Waals surface area contributed by atoms with Crippen LogP contribution in [0.4, 0.5) is 10.8 Å². The molecule has 0 saturated carbocycles. The number of amides is 2. The van der Waals surface area contributed by atoms with Crippen molar-refractivity contribution in [1.29, 1.82) is 0 Å². The van der Waals surface area contributed by atoms with E-state index in [0.29, 0.717) is 28.6 Å². The van der Waals surface area contributed by atoms with Crippen LogP contribution in [0.1, 0.15) is 42.1 Å². The minimum atomic E-state index is -0.716. The molecule has 0 spiro atoms. The van der Waals surface area contributed by atoms with E-state index < -0.39 is 12.0 Å². The summed E-state index contributed by atoms with van der Waals surface area (Å²) >= 11 is 1.25. The zero-order valence-corrected chi connectivity index (χ0v) is 16.1. The average Bonchev–Trinajstić information content (AvgIpc) is 3.03. The van der Waals surface area contributed by atoms with Gasteiger partial charge in [0.15, 0.2) is 11.9 Å². The van der Waals surface area contributed by atoms with Gasteiger partial charge < -0.3 is 4.74 Å². The van der Waals surface area contributed by atoms with Gasteiger partial charge in [-0.25, -0.2) is 0 Å². The Morgan fingerprint density at radius 3 is 2.78 bits per heavy atom. The monoisotopic (exact) mass is 388 g/mol. The first-order valence-electron chi connectivity index (χ1n) is 8.64. The number of fused-ring (bicyclic) bond motifs is 1. The van der Waals surface area contributed by atoms with Crippen LogP contribution in [0.25, 0.3) is 0 Å². The SMILES string of the molecule is CCCC(=O)c1ccc2c(c1)N(CC(=O)Nc1nnc(C)s1)C(=O)C(C)O2. The first-order valence-corrected chi connectivity index (χ1v) is 9.46. The smallest absolute Gasteiger partial charge is 0.268 e. The molecule has 0 aliphatic carbocycles. The lowest BCUT2D eigenvalue weighted by molar-refractivity contribution is -0.127. The molecule has 1 unspecified atom stereocenters. The topological polar surface area (TPSA) is 101 Å². The van der Waals surface area contributed by atoms with Crippen LogP contribution < -0.4 is 15.0 Å². The maximum Gasteiger partial charge on any atom is 0.268 e. The lowest BCUT2D eigenvalue weighted by atomic mass is 10.0. The van der Waals surface area contributed by atoms with E-state index in [1.807, 2.05) is 6.92 Å². The van der Waals surface area contributed by atoms with Crippen molar-refractivity contribution in [2.24, 2.45) is 0 Å². The van der Waals surface area contributed by atoms with Gasteiger partial charge in [0, 0.05) is 12.0 Å². The Balaban J connectivity index is 1.85. The molecular weight excluding hydrogens is 368 g/mol. The number of carbonyl (C=O) groups is 3. The van der Waals surface area contributed by atoms with Crippen molar-refractivity contribution in [3.63, 3.8) is 0 Å². The molecular formula is C18H20N4O4S. The standard InChI is InChI=1S/C18H20N4O4S/c1-4-5-14(23)12-6-7-15-13(8-12)22(17(25)10(2)26-15)9-16(24)19-18-21-20-11(3)27-18/h6-8,10H,4-5,9H2,1-3H3,(H,19,21,24). The van der Waals surface area contributed by atoms with Gasteiger partial charge in [-0.3, -0.25) is 24.6 Å². The Bertz CT molecular complexity index is 895. The number of ketones is 1. The number of benzene rings is 1. The van der Waals surface area contributed by atoms with E-state index in [1.165, 1.54) is 16.2 Å². The van der Waals surface area contributed by atoms with Crippen LogP contribution in [0.2, 0.25) is 0 Å². The number of ether oxygens (including phenoxy) is 1. The second-order valence-electron chi connectivity index (χ2n) is 6.21. The molecule has 2 aromatic rings. The Labute approximate surface area is 160 Å². The number of carbonyl (C=O) groups excluding carboxylic acids is 3. The number of rotatable bonds is 6. The molecule has 0 fully saturated rings. The number of Topliss-reactive ketones (excluding diaryl/α,β-unsaturated/α-hetero) is 1. The van der Waals surface area contributed by atoms with Crippen LogP contribution in [0.15, 0.2) is 18.2 Å². The van der Waals surface area contributed by atoms with Gasteiger partial charge >= 0.3 is 0 Å². The van der Waals surface area contributed by atoms with E-state index in [-0.39, 0.29) is 18.2 Å². The van der Waals surface area contributed by atoms with E-state index in [9.17, 15) is 14.4 Å². The molecule has 142 valence electrons. The van der Waals surface area contributed by atoms with Gasteiger partial charge in [0.05, 0.1) is 5.69 Å². The molecule has 0 bridgehead atoms. The minimum Gasteiger partial charge on any atom is -0.479 e. The molecule has 1 aromatic heterocycles. The van der Waals surface area contributed by atoms with Gasteiger partial charge in [-0.05, 0) is 38.5 Å². The summed E-state index contributed by atoms with van der Waals surface area (Å²) in [5.74, 6) is -0.286. The van der Waals surface area contributed by atoms with E-state index in [2.05, 4.69) is 15.5 Å². The number of hydrogen-bond acceptors (Lipinski definition) is 7. The number of nitrogens with one attached hydrogen (secondary N) is 1. The first-order chi connectivity index (χ1) is 12.9. The molecule has 9 heteroatoms. The summed E-state index contributed by atoms with van der Waals surface area (Å²) in [6.45, 7) is 5.13. The van der Waals surface area contributed by atoms with Crippen molar-refractivity contribution in [1.82, 2.24) is 10.2 Å².